The Kier molecular flexibility index (Phi) is 6.63. The van der Waals surface area contributed by atoms with Crippen molar-refractivity contribution >= 4 is 22.7 Å². The van der Waals surface area contributed by atoms with Crippen molar-refractivity contribution in [2.24, 2.45) is 0 Å². The zero-order valence-corrected chi connectivity index (χ0v) is 21.0. The standard InChI is InChI=1S/C26H36N4O5/c1-26(25(32)27-18-6-4-5-7-18)17-29-20(16-19-21(33-2)8-9-22(34-3)23(19)29)24(31)30(26)11-10-28-12-14-35-15-13-28/h8-9,16,18H,4-7,10-15,17H2,1-3H3,(H,27,32). The number of nitrogens with zero attached hydrogens (tertiary/aromatic N) is 3. The van der Waals surface area contributed by atoms with Gasteiger partial charge in [-0.2, -0.15) is 0 Å². The Hall–Kier alpha value is -2.78. The molecule has 1 atom stereocenters. The fourth-order valence-electron chi connectivity index (χ4n) is 5.78. The quantitative estimate of drug-likeness (QED) is 0.649. The van der Waals surface area contributed by atoms with E-state index in [-0.39, 0.29) is 17.9 Å². The van der Waals surface area contributed by atoms with Crippen LogP contribution in [-0.4, -0.2) is 91.4 Å². The van der Waals surface area contributed by atoms with Gasteiger partial charge in [-0.05, 0) is 38.0 Å². The number of hydrogen-bond acceptors (Lipinski definition) is 6. The summed E-state index contributed by atoms with van der Waals surface area (Å²) < 4.78 is 18.7. The van der Waals surface area contributed by atoms with Crippen molar-refractivity contribution in [3.8, 4) is 11.5 Å². The minimum absolute atomic E-state index is 0.0888. The van der Waals surface area contributed by atoms with Crippen LogP contribution in [0.1, 0.15) is 43.1 Å². The van der Waals surface area contributed by atoms with E-state index in [0.29, 0.717) is 50.0 Å². The maximum Gasteiger partial charge on any atom is 0.271 e. The monoisotopic (exact) mass is 484 g/mol. The second-order valence-electron chi connectivity index (χ2n) is 9.99. The molecule has 2 aliphatic heterocycles. The van der Waals surface area contributed by atoms with Crippen LogP contribution >= 0.6 is 0 Å². The Labute approximate surface area is 206 Å². The van der Waals surface area contributed by atoms with E-state index in [1.165, 1.54) is 0 Å². The maximum absolute atomic E-state index is 14.0. The lowest BCUT2D eigenvalue weighted by Crippen LogP contribution is -2.65. The second kappa shape index (κ2) is 9.70. The highest BCUT2D eigenvalue weighted by Crippen LogP contribution is 2.40. The van der Waals surface area contributed by atoms with Crippen LogP contribution in [0, 0.1) is 0 Å². The summed E-state index contributed by atoms with van der Waals surface area (Å²) in [4.78, 5) is 31.9. The molecule has 9 nitrogen and oxygen atoms in total. The van der Waals surface area contributed by atoms with Gasteiger partial charge < -0.3 is 29.0 Å². The van der Waals surface area contributed by atoms with Gasteiger partial charge in [-0.25, -0.2) is 0 Å². The summed E-state index contributed by atoms with van der Waals surface area (Å²) in [6.07, 6.45) is 4.24. The normalized spacial score (nSPS) is 23.5. The maximum atomic E-state index is 14.0. The molecule has 1 unspecified atom stereocenters. The van der Waals surface area contributed by atoms with Gasteiger partial charge in [0.15, 0.2) is 0 Å². The molecule has 2 aromatic rings. The number of nitrogens with one attached hydrogen (secondary N) is 1. The molecule has 1 N–H and O–H groups in total. The van der Waals surface area contributed by atoms with Crippen LogP contribution in [0.5, 0.6) is 11.5 Å². The number of carbonyl (C=O) groups is 2. The van der Waals surface area contributed by atoms with Crippen LogP contribution in [-0.2, 0) is 16.1 Å². The first-order chi connectivity index (χ1) is 17.0. The Bertz CT molecular complexity index is 1100. The first-order valence-electron chi connectivity index (χ1n) is 12.6. The number of ether oxygens (including phenoxy) is 3. The lowest BCUT2D eigenvalue weighted by molar-refractivity contribution is -0.133. The predicted octanol–water partition coefficient (Wildman–Crippen LogP) is 2.26. The highest BCUT2D eigenvalue weighted by Gasteiger charge is 2.48. The minimum Gasteiger partial charge on any atom is -0.496 e. The van der Waals surface area contributed by atoms with Crippen molar-refractivity contribution < 1.29 is 23.8 Å². The summed E-state index contributed by atoms with van der Waals surface area (Å²) in [6, 6.07) is 5.74. The molecule has 0 spiro atoms. The summed E-state index contributed by atoms with van der Waals surface area (Å²) >= 11 is 0. The van der Waals surface area contributed by atoms with Crippen molar-refractivity contribution in [2.75, 3.05) is 53.6 Å². The summed E-state index contributed by atoms with van der Waals surface area (Å²) in [5.41, 5.74) is 0.303. The van der Waals surface area contributed by atoms with Gasteiger partial charge in [0, 0.05) is 37.6 Å². The third-order valence-corrected chi connectivity index (χ3v) is 7.87. The van der Waals surface area contributed by atoms with Gasteiger partial charge in [0.2, 0.25) is 5.91 Å². The van der Waals surface area contributed by atoms with Crippen LogP contribution in [0.15, 0.2) is 18.2 Å². The van der Waals surface area contributed by atoms with Crippen molar-refractivity contribution in [1.82, 2.24) is 19.7 Å². The van der Waals surface area contributed by atoms with Gasteiger partial charge in [-0.3, -0.25) is 14.5 Å². The smallest absolute Gasteiger partial charge is 0.271 e. The lowest BCUT2D eigenvalue weighted by Gasteiger charge is -2.45. The topological polar surface area (TPSA) is 85.3 Å². The van der Waals surface area contributed by atoms with Crippen molar-refractivity contribution in [2.45, 2.75) is 50.7 Å². The molecule has 0 bridgehead atoms. The van der Waals surface area contributed by atoms with Crippen LogP contribution in [0.4, 0.5) is 0 Å². The first kappa shape index (κ1) is 23.9. The summed E-state index contributed by atoms with van der Waals surface area (Å²) in [5.74, 6) is 1.09. The van der Waals surface area contributed by atoms with Crippen LogP contribution < -0.4 is 14.8 Å². The molecule has 9 heteroatoms. The molecular formula is C26H36N4O5. The zero-order chi connectivity index (χ0) is 24.6. The highest BCUT2D eigenvalue weighted by molar-refractivity contribution is 6.06. The van der Waals surface area contributed by atoms with E-state index >= 15 is 0 Å². The van der Waals surface area contributed by atoms with E-state index in [2.05, 4.69) is 10.2 Å². The van der Waals surface area contributed by atoms with Crippen LogP contribution in [0.25, 0.3) is 10.9 Å². The molecule has 1 aromatic heterocycles. The van der Waals surface area contributed by atoms with Gasteiger partial charge in [0.05, 0.1) is 39.5 Å². The van der Waals surface area contributed by atoms with Crippen molar-refractivity contribution in [3.05, 3.63) is 23.9 Å². The van der Waals surface area contributed by atoms with E-state index in [4.69, 9.17) is 14.2 Å². The fraction of sp³-hybridized carbons (Fsp3) is 0.615. The fourth-order valence-corrected chi connectivity index (χ4v) is 5.78. The number of hydrogen-bond donors (Lipinski definition) is 1. The molecule has 1 aromatic carbocycles. The molecule has 3 aliphatic rings. The number of morpholine rings is 1. The number of benzene rings is 1. The van der Waals surface area contributed by atoms with E-state index < -0.39 is 5.54 Å². The molecule has 2 fully saturated rings. The summed E-state index contributed by atoms with van der Waals surface area (Å²) in [5, 5.41) is 4.07. The zero-order valence-electron chi connectivity index (χ0n) is 21.0. The number of aromatic nitrogens is 1. The summed E-state index contributed by atoms with van der Waals surface area (Å²) in [7, 11) is 3.24. The van der Waals surface area contributed by atoms with E-state index in [1.807, 2.05) is 29.7 Å². The SMILES string of the molecule is COc1ccc(OC)c2c1cc1n2CC(C)(C(=O)NC2CCCC2)N(CCN2CCOCC2)C1=O. The number of carbonyl (C=O) groups excluding carboxylic acids is 2. The number of methoxy groups -OCH3 is 2. The second-order valence-corrected chi connectivity index (χ2v) is 9.99. The molecule has 1 saturated heterocycles. The third-order valence-electron chi connectivity index (χ3n) is 7.87. The average Bonchev–Trinajstić information content (AvgIpc) is 3.52. The predicted molar refractivity (Wildman–Crippen MR) is 132 cm³/mol. The van der Waals surface area contributed by atoms with Gasteiger partial charge in [-0.15, -0.1) is 0 Å². The van der Waals surface area contributed by atoms with E-state index in [0.717, 1.165) is 49.7 Å². The molecule has 35 heavy (non-hydrogen) atoms. The summed E-state index contributed by atoms with van der Waals surface area (Å²) in [6.45, 7) is 6.49. The molecule has 2 amide bonds. The third kappa shape index (κ3) is 4.25. The highest BCUT2D eigenvalue weighted by atomic mass is 16.5. The van der Waals surface area contributed by atoms with Crippen molar-refractivity contribution in [1.29, 1.82) is 0 Å². The van der Waals surface area contributed by atoms with Gasteiger partial charge in [0.25, 0.3) is 5.91 Å². The number of rotatable bonds is 7. The van der Waals surface area contributed by atoms with Gasteiger partial charge in [0.1, 0.15) is 22.7 Å². The Morgan fingerprint density at radius 1 is 1.11 bits per heavy atom. The lowest BCUT2D eigenvalue weighted by atomic mass is 9.94. The first-order valence-corrected chi connectivity index (χ1v) is 12.6. The Morgan fingerprint density at radius 2 is 1.80 bits per heavy atom. The van der Waals surface area contributed by atoms with Crippen LogP contribution in [0.3, 0.4) is 0 Å². The molecular weight excluding hydrogens is 448 g/mol. The number of amides is 2. The van der Waals surface area contributed by atoms with Crippen molar-refractivity contribution in [3.63, 3.8) is 0 Å². The average molecular weight is 485 g/mol. The largest absolute Gasteiger partial charge is 0.496 e. The van der Waals surface area contributed by atoms with Gasteiger partial charge >= 0.3 is 0 Å². The molecule has 5 rings (SSSR count). The molecule has 3 heterocycles. The Balaban J connectivity index is 1.54. The van der Waals surface area contributed by atoms with E-state index in [9.17, 15) is 9.59 Å². The van der Waals surface area contributed by atoms with Gasteiger partial charge in [-0.1, -0.05) is 12.8 Å². The molecule has 1 aliphatic carbocycles. The molecule has 190 valence electrons. The number of fused-ring (bicyclic) bond motifs is 3. The Morgan fingerprint density at radius 3 is 2.49 bits per heavy atom. The van der Waals surface area contributed by atoms with Crippen LogP contribution in [0.2, 0.25) is 0 Å². The minimum atomic E-state index is -1.03. The molecule has 1 saturated carbocycles. The molecule has 0 radical (unpaired) electrons. The van der Waals surface area contributed by atoms with E-state index in [1.54, 1.807) is 19.1 Å².